The highest BCUT2D eigenvalue weighted by atomic mass is 35.5. The minimum atomic E-state index is -0.552. The number of carbonyl (C=O) groups excluding carboxylic acids is 1. The van der Waals surface area contributed by atoms with E-state index < -0.39 is 6.10 Å². The van der Waals surface area contributed by atoms with Gasteiger partial charge >= 0.3 is 0 Å². The molecule has 0 spiro atoms. The summed E-state index contributed by atoms with van der Waals surface area (Å²) in [6.07, 6.45) is 1.45. The van der Waals surface area contributed by atoms with Gasteiger partial charge in [-0.1, -0.05) is 37.1 Å². The third-order valence-electron chi connectivity index (χ3n) is 2.62. The van der Waals surface area contributed by atoms with Gasteiger partial charge in [0.15, 0.2) is 6.10 Å². The molecule has 100 valence electrons. The fraction of sp³-hybridized carbons (Fsp3) is 0.500. The first kappa shape index (κ1) is 14.8. The van der Waals surface area contributed by atoms with Crippen LogP contribution in [0, 0.1) is 0 Å². The lowest BCUT2D eigenvalue weighted by Gasteiger charge is -2.18. The zero-order valence-electron chi connectivity index (χ0n) is 11.1. The lowest BCUT2D eigenvalue weighted by Crippen LogP contribution is -2.41. The maximum absolute atomic E-state index is 11.9. The third kappa shape index (κ3) is 4.57. The predicted molar refractivity (Wildman–Crippen MR) is 74.1 cm³/mol. The molecule has 0 saturated carbocycles. The summed E-state index contributed by atoms with van der Waals surface area (Å²) in [7, 11) is 0. The van der Waals surface area contributed by atoms with Crippen molar-refractivity contribution >= 4 is 17.5 Å². The van der Waals surface area contributed by atoms with E-state index in [1.807, 2.05) is 19.1 Å². The molecule has 1 aromatic carbocycles. The number of carbonyl (C=O) groups is 1. The molecule has 0 fully saturated rings. The summed E-state index contributed by atoms with van der Waals surface area (Å²) in [6, 6.07) is 7.30. The standard InChI is InChI=1S/C14H20ClNO2/c1-4-7-10(2)16-14(17)11(3)18-13-9-6-5-8-12(13)15/h5-6,8-11H,4,7H2,1-3H3,(H,16,17)/t10-,11+/m1/s1. The molecule has 0 aliphatic rings. The van der Waals surface area contributed by atoms with E-state index in [1.54, 1.807) is 19.1 Å². The lowest BCUT2D eigenvalue weighted by atomic mass is 10.2. The molecule has 0 radical (unpaired) electrons. The van der Waals surface area contributed by atoms with Crippen molar-refractivity contribution in [2.45, 2.75) is 45.8 Å². The van der Waals surface area contributed by atoms with Crippen LogP contribution in [-0.2, 0) is 4.79 Å². The monoisotopic (exact) mass is 269 g/mol. The second-order valence-corrected chi connectivity index (χ2v) is 4.80. The zero-order chi connectivity index (χ0) is 13.5. The van der Waals surface area contributed by atoms with Crippen LogP contribution in [-0.4, -0.2) is 18.1 Å². The normalized spacial score (nSPS) is 13.8. The van der Waals surface area contributed by atoms with E-state index in [1.165, 1.54) is 0 Å². The fourth-order valence-corrected chi connectivity index (χ4v) is 1.83. The molecule has 0 saturated heterocycles. The average molecular weight is 270 g/mol. The molecular weight excluding hydrogens is 250 g/mol. The Morgan fingerprint density at radius 2 is 2.06 bits per heavy atom. The minimum Gasteiger partial charge on any atom is -0.479 e. The minimum absolute atomic E-state index is 0.115. The highest BCUT2D eigenvalue weighted by Gasteiger charge is 2.17. The van der Waals surface area contributed by atoms with Gasteiger partial charge < -0.3 is 10.1 Å². The van der Waals surface area contributed by atoms with Crippen molar-refractivity contribution in [1.82, 2.24) is 5.32 Å². The summed E-state index contributed by atoms with van der Waals surface area (Å²) < 4.78 is 5.54. The maximum Gasteiger partial charge on any atom is 0.260 e. The van der Waals surface area contributed by atoms with Crippen LogP contribution in [0.1, 0.15) is 33.6 Å². The largest absolute Gasteiger partial charge is 0.479 e. The second kappa shape index (κ2) is 7.27. The van der Waals surface area contributed by atoms with E-state index in [0.29, 0.717) is 10.8 Å². The molecule has 1 rings (SSSR count). The van der Waals surface area contributed by atoms with Crippen molar-refractivity contribution < 1.29 is 9.53 Å². The maximum atomic E-state index is 11.9. The van der Waals surface area contributed by atoms with Gasteiger partial charge in [0.2, 0.25) is 0 Å². The predicted octanol–water partition coefficient (Wildman–Crippen LogP) is 3.41. The number of para-hydroxylation sites is 1. The van der Waals surface area contributed by atoms with Crippen LogP contribution >= 0.6 is 11.6 Å². The Balaban J connectivity index is 2.52. The molecule has 0 aromatic heterocycles. The molecule has 18 heavy (non-hydrogen) atoms. The molecule has 0 heterocycles. The van der Waals surface area contributed by atoms with Gasteiger partial charge in [0.05, 0.1) is 5.02 Å². The summed E-state index contributed by atoms with van der Waals surface area (Å²) in [5.74, 6) is 0.417. The number of halogens is 1. The molecule has 4 heteroatoms. The first-order chi connectivity index (χ1) is 8.54. The highest BCUT2D eigenvalue weighted by molar-refractivity contribution is 6.32. The first-order valence-corrected chi connectivity index (χ1v) is 6.64. The molecule has 0 aliphatic heterocycles. The molecule has 0 aliphatic carbocycles. The van der Waals surface area contributed by atoms with Gasteiger partial charge in [-0.25, -0.2) is 0 Å². The van der Waals surface area contributed by atoms with Crippen molar-refractivity contribution in [2.75, 3.05) is 0 Å². The molecule has 1 N–H and O–H groups in total. The molecular formula is C14H20ClNO2. The number of benzene rings is 1. The second-order valence-electron chi connectivity index (χ2n) is 4.39. The van der Waals surface area contributed by atoms with Crippen LogP contribution < -0.4 is 10.1 Å². The number of amides is 1. The Bertz CT molecular complexity index is 395. The van der Waals surface area contributed by atoms with Gasteiger partial charge in [0, 0.05) is 6.04 Å². The lowest BCUT2D eigenvalue weighted by molar-refractivity contribution is -0.127. The smallest absolute Gasteiger partial charge is 0.260 e. The van der Waals surface area contributed by atoms with Crippen molar-refractivity contribution in [1.29, 1.82) is 0 Å². The van der Waals surface area contributed by atoms with Gasteiger partial charge in [-0.3, -0.25) is 4.79 Å². The number of rotatable bonds is 6. The molecule has 3 nitrogen and oxygen atoms in total. The number of nitrogens with one attached hydrogen (secondary N) is 1. The average Bonchev–Trinajstić information content (AvgIpc) is 2.32. The van der Waals surface area contributed by atoms with Crippen molar-refractivity contribution in [3.63, 3.8) is 0 Å². The Hall–Kier alpha value is -1.22. The summed E-state index contributed by atoms with van der Waals surface area (Å²) in [5, 5.41) is 3.43. The highest BCUT2D eigenvalue weighted by Crippen LogP contribution is 2.24. The van der Waals surface area contributed by atoms with E-state index in [2.05, 4.69) is 12.2 Å². The number of ether oxygens (including phenoxy) is 1. The van der Waals surface area contributed by atoms with E-state index in [4.69, 9.17) is 16.3 Å². The molecule has 2 atom stereocenters. The summed E-state index contributed by atoms with van der Waals surface area (Å²) >= 11 is 5.97. The van der Waals surface area contributed by atoms with Gasteiger partial charge in [-0.2, -0.15) is 0 Å². The van der Waals surface area contributed by atoms with E-state index in [0.717, 1.165) is 12.8 Å². The SMILES string of the molecule is CCC[C@@H](C)NC(=O)[C@H](C)Oc1ccccc1Cl. The Morgan fingerprint density at radius 1 is 1.39 bits per heavy atom. The van der Waals surface area contributed by atoms with Crippen LogP contribution in [0.25, 0.3) is 0 Å². The number of hydrogen-bond acceptors (Lipinski definition) is 2. The summed E-state index contributed by atoms with van der Waals surface area (Å²) in [6.45, 7) is 5.80. The Kier molecular flexibility index (Phi) is 5.99. The van der Waals surface area contributed by atoms with Crippen LogP contribution in [0.3, 0.4) is 0 Å². The van der Waals surface area contributed by atoms with Gasteiger partial charge in [-0.05, 0) is 32.4 Å². The van der Waals surface area contributed by atoms with E-state index >= 15 is 0 Å². The first-order valence-electron chi connectivity index (χ1n) is 6.26. The van der Waals surface area contributed by atoms with Gasteiger partial charge in [-0.15, -0.1) is 0 Å². The summed E-state index contributed by atoms with van der Waals surface area (Å²) in [5.41, 5.74) is 0. The van der Waals surface area contributed by atoms with Crippen molar-refractivity contribution in [2.24, 2.45) is 0 Å². The van der Waals surface area contributed by atoms with Crippen molar-refractivity contribution in [3.05, 3.63) is 29.3 Å². The topological polar surface area (TPSA) is 38.3 Å². The van der Waals surface area contributed by atoms with E-state index in [-0.39, 0.29) is 11.9 Å². The van der Waals surface area contributed by atoms with Crippen LogP contribution in [0.15, 0.2) is 24.3 Å². The van der Waals surface area contributed by atoms with Crippen LogP contribution in [0.5, 0.6) is 5.75 Å². The third-order valence-corrected chi connectivity index (χ3v) is 2.93. The van der Waals surface area contributed by atoms with Gasteiger partial charge in [0.25, 0.3) is 5.91 Å². The van der Waals surface area contributed by atoms with Gasteiger partial charge in [0.1, 0.15) is 5.75 Å². The zero-order valence-corrected chi connectivity index (χ0v) is 11.8. The summed E-state index contributed by atoms with van der Waals surface area (Å²) in [4.78, 5) is 11.9. The van der Waals surface area contributed by atoms with E-state index in [9.17, 15) is 4.79 Å². The number of hydrogen-bond donors (Lipinski definition) is 1. The molecule has 0 bridgehead atoms. The quantitative estimate of drug-likeness (QED) is 0.859. The molecule has 1 aromatic rings. The van der Waals surface area contributed by atoms with Crippen molar-refractivity contribution in [3.8, 4) is 5.75 Å². The molecule has 1 amide bonds. The Morgan fingerprint density at radius 3 is 2.67 bits per heavy atom. The van der Waals surface area contributed by atoms with Crippen LogP contribution in [0.2, 0.25) is 5.02 Å². The Labute approximate surface area is 113 Å². The fourth-order valence-electron chi connectivity index (χ4n) is 1.65. The molecule has 0 unspecified atom stereocenters. The van der Waals surface area contributed by atoms with Crippen LogP contribution in [0.4, 0.5) is 0 Å².